The summed E-state index contributed by atoms with van der Waals surface area (Å²) in [6.45, 7) is 2.09. The number of aryl methyl sites for hydroxylation is 2. The molecule has 4 nitrogen and oxygen atoms in total. The molecule has 0 radical (unpaired) electrons. The SMILES string of the molecule is CCc1cc(CC(=O)C2CC3CCC2N3)n(C)n1. The van der Waals surface area contributed by atoms with Crippen molar-refractivity contribution in [3.63, 3.8) is 0 Å². The second kappa shape index (κ2) is 4.50. The minimum Gasteiger partial charge on any atom is -0.310 e. The fourth-order valence-electron chi connectivity index (χ4n) is 3.40. The first-order valence-electron chi connectivity index (χ1n) is 6.98. The molecule has 2 aliphatic heterocycles. The molecule has 1 aromatic heterocycles. The van der Waals surface area contributed by atoms with Crippen molar-refractivity contribution in [1.29, 1.82) is 0 Å². The third kappa shape index (κ3) is 1.99. The topological polar surface area (TPSA) is 46.9 Å². The Kier molecular flexibility index (Phi) is 2.98. The van der Waals surface area contributed by atoms with Crippen LogP contribution in [-0.2, 0) is 24.7 Å². The minimum atomic E-state index is 0.240. The smallest absolute Gasteiger partial charge is 0.143 e. The molecule has 3 rings (SSSR count). The van der Waals surface area contributed by atoms with Crippen LogP contribution >= 0.6 is 0 Å². The van der Waals surface area contributed by atoms with Crippen LogP contribution in [0.15, 0.2) is 6.07 Å². The van der Waals surface area contributed by atoms with E-state index >= 15 is 0 Å². The molecule has 0 aromatic carbocycles. The second-order valence-corrected chi connectivity index (χ2v) is 5.64. The van der Waals surface area contributed by atoms with Crippen molar-refractivity contribution in [2.24, 2.45) is 13.0 Å². The van der Waals surface area contributed by atoms with E-state index in [9.17, 15) is 4.79 Å². The van der Waals surface area contributed by atoms with E-state index in [1.165, 1.54) is 12.8 Å². The number of nitrogens with zero attached hydrogens (tertiary/aromatic N) is 2. The summed E-state index contributed by atoms with van der Waals surface area (Å²) in [4.78, 5) is 12.4. The summed E-state index contributed by atoms with van der Waals surface area (Å²) in [7, 11) is 1.93. The number of Topliss-reactive ketones (excluding diaryl/α,β-unsaturated/α-hetero) is 1. The molecule has 0 saturated carbocycles. The maximum atomic E-state index is 12.4. The van der Waals surface area contributed by atoms with Crippen LogP contribution in [0.2, 0.25) is 0 Å². The summed E-state index contributed by atoms with van der Waals surface area (Å²) < 4.78 is 1.86. The van der Waals surface area contributed by atoms with Crippen LogP contribution in [0.4, 0.5) is 0 Å². The Morgan fingerprint density at radius 2 is 2.39 bits per heavy atom. The van der Waals surface area contributed by atoms with E-state index in [1.807, 2.05) is 11.7 Å². The lowest BCUT2D eigenvalue weighted by Gasteiger charge is -2.18. The van der Waals surface area contributed by atoms with E-state index in [0.717, 1.165) is 24.2 Å². The normalized spacial score (nSPS) is 30.0. The molecule has 18 heavy (non-hydrogen) atoms. The Morgan fingerprint density at radius 3 is 2.94 bits per heavy atom. The zero-order valence-electron chi connectivity index (χ0n) is 11.1. The van der Waals surface area contributed by atoms with Crippen molar-refractivity contribution in [2.45, 2.75) is 51.1 Å². The Morgan fingerprint density at radius 1 is 1.56 bits per heavy atom. The van der Waals surface area contributed by atoms with Crippen LogP contribution in [0.25, 0.3) is 0 Å². The lowest BCUT2D eigenvalue weighted by atomic mass is 9.84. The van der Waals surface area contributed by atoms with Gasteiger partial charge in [-0.05, 0) is 31.7 Å². The molecule has 3 unspecified atom stereocenters. The molecule has 2 saturated heterocycles. The van der Waals surface area contributed by atoms with Gasteiger partial charge in [-0.15, -0.1) is 0 Å². The first-order chi connectivity index (χ1) is 8.67. The van der Waals surface area contributed by atoms with Crippen LogP contribution in [0.3, 0.4) is 0 Å². The highest BCUT2D eigenvalue weighted by Gasteiger charge is 2.42. The summed E-state index contributed by atoms with van der Waals surface area (Å²) >= 11 is 0. The van der Waals surface area contributed by atoms with Crippen LogP contribution in [0.5, 0.6) is 0 Å². The number of carbonyl (C=O) groups is 1. The van der Waals surface area contributed by atoms with Gasteiger partial charge in [0, 0.05) is 37.2 Å². The van der Waals surface area contributed by atoms with Crippen molar-refractivity contribution in [2.75, 3.05) is 0 Å². The summed E-state index contributed by atoms with van der Waals surface area (Å²) in [6, 6.07) is 3.11. The Labute approximate surface area is 108 Å². The third-order valence-electron chi connectivity index (χ3n) is 4.46. The van der Waals surface area contributed by atoms with Crippen LogP contribution < -0.4 is 5.32 Å². The van der Waals surface area contributed by atoms with Gasteiger partial charge in [0.1, 0.15) is 5.78 Å². The first-order valence-corrected chi connectivity index (χ1v) is 6.98. The van der Waals surface area contributed by atoms with E-state index in [2.05, 4.69) is 23.4 Å². The van der Waals surface area contributed by atoms with Gasteiger partial charge in [-0.25, -0.2) is 0 Å². The number of hydrogen-bond donors (Lipinski definition) is 1. The zero-order valence-corrected chi connectivity index (χ0v) is 11.1. The van der Waals surface area contributed by atoms with Crippen molar-refractivity contribution in [3.8, 4) is 0 Å². The Balaban J connectivity index is 1.68. The van der Waals surface area contributed by atoms with Gasteiger partial charge in [0.15, 0.2) is 0 Å². The number of nitrogens with one attached hydrogen (secondary N) is 1. The molecule has 0 spiro atoms. The average molecular weight is 247 g/mol. The number of hydrogen-bond acceptors (Lipinski definition) is 3. The average Bonchev–Trinajstić information content (AvgIpc) is 3.05. The van der Waals surface area contributed by atoms with Gasteiger partial charge in [-0.3, -0.25) is 9.48 Å². The monoisotopic (exact) mass is 247 g/mol. The fourth-order valence-corrected chi connectivity index (χ4v) is 3.40. The molecule has 1 aromatic rings. The molecular formula is C14H21N3O. The highest BCUT2D eigenvalue weighted by Crippen LogP contribution is 2.34. The van der Waals surface area contributed by atoms with Crippen LogP contribution in [-0.4, -0.2) is 27.6 Å². The number of rotatable bonds is 4. The van der Waals surface area contributed by atoms with Gasteiger partial charge in [0.05, 0.1) is 5.69 Å². The Hall–Kier alpha value is -1.16. The van der Waals surface area contributed by atoms with Crippen LogP contribution in [0, 0.1) is 5.92 Å². The molecule has 1 N–H and O–H groups in total. The first kappa shape index (κ1) is 11.9. The van der Waals surface area contributed by atoms with Gasteiger partial charge in [0.25, 0.3) is 0 Å². The highest BCUT2D eigenvalue weighted by molar-refractivity contribution is 5.84. The molecule has 2 aliphatic rings. The highest BCUT2D eigenvalue weighted by atomic mass is 16.1. The standard InChI is InChI=1S/C14H21N3O/c1-3-9-6-11(17(2)16-9)8-14(18)12-7-10-4-5-13(12)15-10/h6,10,12-13,15H,3-5,7-8H2,1-2H3. The zero-order chi connectivity index (χ0) is 12.7. The van der Waals surface area contributed by atoms with Crippen molar-refractivity contribution >= 4 is 5.78 Å². The summed E-state index contributed by atoms with van der Waals surface area (Å²) in [6.07, 6.45) is 4.94. The molecule has 3 atom stereocenters. The van der Waals surface area contributed by atoms with Gasteiger partial charge < -0.3 is 5.32 Å². The summed E-state index contributed by atoms with van der Waals surface area (Å²) in [5.74, 6) is 0.629. The number of ketones is 1. The largest absolute Gasteiger partial charge is 0.310 e. The second-order valence-electron chi connectivity index (χ2n) is 5.64. The number of fused-ring (bicyclic) bond motifs is 2. The van der Waals surface area contributed by atoms with Crippen LogP contribution in [0.1, 0.15) is 37.6 Å². The molecule has 4 heteroatoms. The van der Waals surface area contributed by atoms with E-state index in [4.69, 9.17) is 0 Å². The summed E-state index contributed by atoms with van der Waals surface area (Å²) in [5.41, 5.74) is 2.13. The van der Waals surface area contributed by atoms with E-state index in [-0.39, 0.29) is 5.92 Å². The maximum Gasteiger partial charge on any atom is 0.143 e. The van der Waals surface area contributed by atoms with Crippen molar-refractivity contribution < 1.29 is 4.79 Å². The van der Waals surface area contributed by atoms with Gasteiger partial charge in [0.2, 0.25) is 0 Å². The predicted octanol–water partition coefficient (Wildman–Crippen LogP) is 1.23. The fraction of sp³-hybridized carbons (Fsp3) is 0.714. The lowest BCUT2D eigenvalue weighted by molar-refractivity contribution is -0.122. The molecule has 3 heterocycles. The molecule has 2 bridgehead atoms. The summed E-state index contributed by atoms with van der Waals surface area (Å²) in [5, 5.41) is 7.94. The predicted molar refractivity (Wildman–Crippen MR) is 69.3 cm³/mol. The molecule has 0 amide bonds. The van der Waals surface area contributed by atoms with Gasteiger partial charge in [-0.1, -0.05) is 6.92 Å². The van der Waals surface area contributed by atoms with Gasteiger partial charge >= 0.3 is 0 Å². The maximum absolute atomic E-state index is 12.4. The molecular weight excluding hydrogens is 226 g/mol. The van der Waals surface area contributed by atoms with E-state index in [0.29, 0.717) is 24.3 Å². The molecule has 0 aliphatic carbocycles. The van der Waals surface area contributed by atoms with Crippen molar-refractivity contribution in [1.82, 2.24) is 15.1 Å². The van der Waals surface area contributed by atoms with Gasteiger partial charge in [-0.2, -0.15) is 5.10 Å². The lowest BCUT2D eigenvalue weighted by Crippen LogP contribution is -2.30. The van der Waals surface area contributed by atoms with E-state index < -0.39 is 0 Å². The molecule has 2 fully saturated rings. The minimum absolute atomic E-state index is 0.240. The quantitative estimate of drug-likeness (QED) is 0.870. The number of carbonyl (C=O) groups excluding carboxylic acids is 1. The number of aromatic nitrogens is 2. The third-order valence-corrected chi connectivity index (χ3v) is 4.46. The van der Waals surface area contributed by atoms with E-state index in [1.54, 1.807) is 0 Å². The Bertz CT molecular complexity index is 466. The molecule has 98 valence electrons. The van der Waals surface area contributed by atoms with Crippen molar-refractivity contribution in [3.05, 3.63) is 17.5 Å².